The summed E-state index contributed by atoms with van der Waals surface area (Å²) in [7, 11) is -2.82. The van der Waals surface area contributed by atoms with Crippen molar-refractivity contribution in [3.63, 3.8) is 0 Å². The number of halogens is 3. The molecule has 0 aliphatic rings. The Labute approximate surface area is 267 Å². The Morgan fingerprint density at radius 1 is 0.837 bits per heavy atom. The summed E-state index contributed by atoms with van der Waals surface area (Å²) in [6.07, 6.45) is 0.190. The molecular formula is C32H30Cl3N3O4S. The van der Waals surface area contributed by atoms with Crippen LogP contribution in [0.4, 0.5) is 5.69 Å². The average molecular weight is 659 g/mol. The Balaban J connectivity index is 1.82. The SMILES string of the molecule is CNC(=O)[C@@H](Cc1ccccc1)N(Cc1cccc(Cl)c1)C(=O)CN(c1cccc(Cl)c1Cl)S(=O)(=O)c1ccc(C)cc1. The molecule has 1 atom stereocenters. The molecule has 0 fully saturated rings. The average Bonchev–Trinajstić information content (AvgIpc) is 2.99. The first-order valence-corrected chi connectivity index (χ1v) is 15.9. The van der Waals surface area contributed by atoms with Crippen LogP contribution in [0.15, 0.2) is 102 Å². The molecule has 4 aromatic rings. The molecule has 0 unspecified atom stereocenters. The van der Waals surface area contributed by atoms with Gasteiger partial charge in [-0.05, 0) is 54.4 Å². The number of hydrogen-bond donors (Lipinski definition) is 1. The van der Waals surface area contributed by atoms with Crippen molar-refractivity contribution in [2.24, 2.45) is 0 Å². The second kappa shape index (κ2) is 14.3. The van der Waals surface area contributed by atoms with Crippen LogP contribution in [0.2, 0.25) is 15.1 Å². The number of aryl methyl sites for hydroxylation is 1. The van der Waals surface area contributed by atoms with Gasteiger partial charge in [0.05, 0.1) is 20.6 Å². The lowest BCUT2D eigenvalue weighted by molar-refractivity contribution is -0.139. The standard InChI is InChI=1S/C32H30Cl3N3O4S/c1-22-14-16-26(17-15-22)43(41,42)38(28-13-7-12-27(34)31(28)35)21-30(39)37(20-24-10-6-11-25(33)18-24)29(32(40)36-2)19-23-8-4-3-5-9-23/h3-18,29H,19-21H2,1-2H3,(H,36,40)/t29-/m1/s1. The topological polar surface area (TPSA) is 86.8 Å². The van der Waals surface area contributed by atoms with Crippen LogP contribution in [0.3, 0.4) is 0 Å². The summed E-state index contributed by atoms with van der Waals surface area (Å²) in [6.45, 7) is 1.18. The van der Waals surface area contributed by atoms with Gasteiger partial charge in [0.1, 0.15) is 12.6 Å². The highest BCUT2D eigenvalue weighted by Crippen LogP contribution is 2.35. The highest BCUT2D eigenvalue weighted by atomic mass is 35.5. The number of amides is 2. The van der Waals surface area contributed by atoms with E-state index in [2.05, 4.69) is 5.32 Å². The number of nitrogens with zero attached hydrogens (tertiary/aromatic N) is 2. The minimum absolute atomic E-state index is 0.00793. The number of nitrogens with one attached hydrogen (secondary N) is 1. The van der Waals surface area contributed by atoms with Gasteiger partial charge < -0.3 is 10.2 Å². The van der Waals surface area contributed by atoms with Crippen LogP contribution < -0.4 is 9.62 Å². The second-order valence-corrected chi connectivity index (χ2v) is 13.0. The Morgan fingerprint density at radius 3 is 2.14 bits per heavy atom. The van der Waals surface area contributed by atoms with Crippen LogP contribution in [-0.4, -0.2) is 44.8 Å². The van der Waals surface area contributed by atoms with Crippen LogP contribution in [0.5, 0.6) is 0 Å². The van der Waals surface area contributed by atoms with Crippen molar-refractivity contribution < 1.29 is 18.0 Å². The van der Waals surface area contributed by atoms with Gasteiger partial charge in [0.2, 0.25) is 11.8 Å². The van der Waals surface area contributed by atoms with Gasteiger partial charge >= 0.3 is 0 Å². The van der Waals surface area contributed by atoms with Crippen molar-refractivity contribution in [3.05, 3.63) is 129 Å². The minimum Gasteiger partial charge on any atom is -0.357 e. The van der Waals surface area contributed by atoms with Gasteiger partial charge in [-0.15, -0.1) is 0 Å². The summed E-state index contributed by atoms with van der Waals surface area (Å²) in [4.78, 5) is 29.0. The number of sulfonamides is 1. The lowest BCUT2D eigenvalue weighted by atomic mass is 10.0. The van der Waals surface area contributed by atoms with Gasteiger partial charge in [-0.25, -0.2) is 8.42 Å². The first-order chi connectivity index (χ1) is 20.5. The number of benzene rings is 4. The third-order valence-corrected chi connectivity index (χ3v) is 9.67. The van der Waals surface area contributed by atoms with Crippen LogP contribution in [-0.2, 0) is 32.6 Å². The quantitative estimate of drug-likeness (QED) is 0.198. The summed E-state index contributed by atoms with van der Waals surface area (Å²) in [6, 6.07) is 26.0. The molecule has 43 heavy (non-hydrogen) atoms. The fraction of sp³-hybridized carbons (Fsp3) is 0.188. The van der Waals surface area contributed by atoms with Gasteiger partial charge in [0.25, 0.3) is 10.0 Å². The molecule has 2 amide bonds. The van der Waals surface area contributed by atoms with Gasteiger partial charge in [-0.2, -0.15) is 0 Å². The van der Waals surface area contributed by atoms with E-state index in [1.54, 1.807) is 42.5 Å². The molecule has 0 heterocycles. The monoisotopic (exact) mass is 657 g/mol. The zero-order valence-electron chi connectivity index (χ0n) is 23.5. The molecule has 0 radical (unpaired) electrons. The Bertz CT molecular complexity index is 1700. The van der Waals surface area contributed by atoms with Crippen LogP contribution in [0.1, 0.15) is 16.7 Å². The van der Waals surface area contributed by atoms with E-state index in [-0.39, 0.29) is 33.6 Å². The Morgan fingerprint density at radius 2 is 1.49 bits per heavy atom. The van der Waals surface area contributed by atoms with Crippen molar-refractivity contribution in [2.75, 3.05) is 17.9 Å². The first kappa shape index (κ1) is 32.4. The number of carbonyl (C=O) groups is 2. The van der Waals surface area contributed by atoms with E-state index in [0.717, 1.165) is 15.4 Å². The molecule has 0 aliphatic carbocycles. The van der Waals surface area contributed by atoms with Gasteiger partial charge in [-0.1, -0.05) is 101 Å². The maximum absolute atomic E-state index is 14.3. The van der Waals surface area contributed by atoms with E-state index in [0.29, 0.717) is 10.6 Å². The highest BCUT2D eigenvalue weighted by Gasteiger charge is 2.35. The Kier molecular flexibility index (Phi) is 10.7. The van der Waals surface area contributed by atoms with Crippen molar-refractivity contribution in [1.29, 1.82) is 0 Å². The maximum Gasteiger partial charge on any atom is 0.264 e. The predicted octanol–water partition coefficient (Wildman–Crippen LogP) is 6.54. The van der Waals surface area contributed by atoms with E-state index in [1.165, 1.54) is 36.2 Å². The number of carbonyl (C=O) groups excluding carboxylic acids is 2. The minimum atomic E-state index is -4.31. The number of rotatable bonds is 11. The normalized spacial score (nSPS) is 11.9. The fourth-order valence-corrected chi connectivity index (χ4v) is 6.67. The molecule has 0 saturated heterocycles. The molecule has 0 bridgehead atoms. The number of likely N-dealkylation sites (N-methyl/N-ethyl adjacent to an activating group) is 1. The molecular weight excluding hydrogens is 629 g/mol. The van der Waals surface area contributed by atoms with E-state index in [4.69, 9.17) is 34.8 Å². The summed E-state index contributed by atoms with van der Waals surface area (Å²) in [5.74, 6) is -1.04. The van der Waals surface area contributed by atoms with Crippen molar-refractivity contribution in [1.82, 2.24) is 10.2 Å². The molecule has 0 saturated carbocycles. The molecule has 4 rings (SSSR count). The lowest BCUT2D eigenvalue weighted by Gasteiger charge is -2.34. The van der Waals surface area contributed by atoms with E-state index < -0.39 is 34.4 Å². The van der Waals surface area contributed by atoms with Gasteiger partial charge in [0, 0.05) is 25.0 Å². The second-order valence-electron chi connectivity index (χ2n) is 9.87. The molecule has 7 nitrogen and oxygen atoms in total. The summed E-state index contributed by atoms with van der Waals surface area (Å²) in [5, 5.41) is 3.21. The molecule has 0 aromatic heterocycles. The van der Waals surface area contributed by atoms with E-state index >= 15 is 0 Å². The third kappa shape index (κ3) is 7.89. The van der Waals surface area contributed by atoms with Crippen LogP contribution in [0, 0.1) is 6.92 Å². The zero-order valence-corrected chi connectivity index (χ0v) is 26.6. The van der Waals surface area contributed by atoms with E-state index in [1.807, 2.05) is 37.3 Å². The largest absolute Gasteiger partial charge is 0.357 e. The van der Waals surface area contributed by atoms with Gasteiger partial charge in [-0.3, -0.25) is 13.9 Å². The van der Waals surface area contributed by atoms with Gasteiger partial charge in [0.15, 0.2) is 0 Å². The van der Waals surface area contributed by atoms with Crippen LogP contribution >= 0.6 is 34.8 Å². The number of anilines is 1. The molecule has 1 N–H and O–H groups in total. The predicted molar refractivity (Wildman–Crippen MR) is 172 cm³/mol. The van der Waals surface area contributed by atoms with Crippen molar-refractivity contribution in [3.8, 4) is 0 Å². The third-order valence-electron chi connectivity index (χ3n) is 6.85. The molecule has 224 valence electrons. The smallest absolute Gasteiger partial charge is 0.264 e. The van der Waals surface area contributed by atoms with E-state index in [9.17, 15) is 18.0 Å². The molecule has 0 aliphatic heterocycles. The Hall–Kier alpha value is -3.56. The first-order valence-electron chi connectivity index (χ1n) is 13.3. The maximum atomic E-state index is 14.3. The summed E-state index contributed by atoms with van der Waals surface area (Å²) >= 11 is 19.0. The summed E-state index contributed by atoms with van der Waals surface area (Å²) < 4.78 is 29.1. The zero-order chi connectivity index (χ0) is 31.1. The molecule has 0 spiro atoms. The molecule has 11 heteroatoms. The summed E-state index contributed by atoms with van der Waals surface area (Å²) in [5.41, 5.74) is 2.38. The molecule has 4 aromatic carbocycles. The lowest BCUT2D eigenvalue weighted by Crippen LogP contribution is -2.53. The number of hydrogen-bond acceptors (Lipinski definition) is 4. The highest BCUT2D eigenvalue weighted by molar-refractivity contribution is 7.92. The van der Waals surface area contributed by atoms with Crippen molar-refractivity contribution >= 4 is 62.3 Å². The fourth-order valence-electron chi connectivity index (χ4n) is 4.59. The van der Waals surface area contributed by atoms with Crippen LogP contribution in [0.25, 0.3) is 0 Å². The van der Waals surface area contributed by atoms with Crippen molar-refractivity contribution in [2.45, 2.75) is 30.8 Å².